The van der Waals surface area contributed by atoms with Crippen LogP contribution in [0.2, 0.25) is 0 Å². The summed E-state index contributed by atoms with van der Waals surface area (Å²) >= 11 is 0. The van der Waals surface area contributed by atoms with Crippen molar-refractivity contribution in [1.29, 1.82) is 0 Å². The Balaban J connectivity index is 0.000000637. The van der Waals surface area contributed by atoms with E-state index in [0.29, 0.717) is 11.5 Å². The van der Waals surface area contributed by atoms with Crippen LogP contribution in [-0.4, -0.2) is 9.19 Å². The average Bonchev–Trinajstić information content (AvgIpc) is 2.58. The van der Waals surface area contributed by atoms with Gasteiger partial charge in [-0.2, -0.15) is 0 Å². The summed E-state index contributed by atoms with van der Waals surface area (Å²) in [5, 5.41) is 0. The second kappa shape index (κ2) is 5.97. The van der Waals surface area contributed by atoms with Crippen molar-refractivity contribution in [1.82, 2.24) is 4.98 Å². The SMILES string of the molecule is CC.Cc1ccc2c(c1)S(=O)Cc1cnccc1O2. The second-order valence-electron chi connectivity index (χ2n) is 4.03. The van der Waals surface area contributed by atoms with Crippen molar-refractivity contribution in [2.75, 3.05) is 0 Å². The maximum absolute atomic E-state index is 12.2. The molecule has 0 N–H and O–H groups in total. The fourth-order valence-corrected chi connectivity index (χ4v) is 3.14. The second-order valence-corrected chi connectivity index (χ2v) is 5.45. The largest absolute Gasteiger partial charge is 0.456 e. The van der Waals surface area contributed by atoms with E-state index in [-0.39, 0.29) is 0 Å². The molecule has 4 heteroatoms. The van der Waals surface area contributed by atoms with Crippen LogP contribution in [0.4, 0.5) is 0 Å². The third-order valence-corrected chi connectivity index (χ3v) is 4.09. The molecule has 0 radical (unpaired) electrons. The lowest BCUT2D eigenvalue weighted by atomic mass is 10.2. The lowest BCUT2D eigenvalue weighted by Gasteiger charge is -2.07. The van der Waals surface area contributed by atoms with Crippen LogP contribution in [0.3, 0.4) is 0 Å². The van der Waals surface area contributed by atoms with E-state index in [1.165, 1.54) is 0 Å². The zero-order valence-corrected chi connectivity index (χ0v) is 12.2. The fourth-order valence-electron chi connectivity index (χ4n) is 1.84. The fraction of sp³-hybridized carbons (Fsp3) is 0.267. The molecule has 1 aliphatic heterocycles. The standard InChI is InChI=1S/C13H11NO2S.C2H6/c1-9-2-3-12-13(6-9)17(15)8-10-7-14-5-4-11(10)16-12;1-2/h2-7H,8H2,1H3;1-2H3. The maximum Gasteiger partial charge on any atom is 0.143 e. The van der Waals surface area contributed by atoms with Crippen LogP contribution in [-0.2, 0) is 16.6 Å². The van der Waals surface area contributed by atoms with Gasteiger partial charge in [-0.15, -0.1) is 0 Å². The lowest BCUT2D eigenvalue weighted by molar-refractivity contribution is 0.468. The van der Waals surface area contributed by atoms with Gasteiger partial charge in [0, 0.05) is 18.0 Å². The van der Waals surface area contributed by atoms with E-state index < -0.39 is 10.8 Å². The summed E-state index contributed by atoms with van der Waals surface area (Å²) in [6.45, 7) is 5.98. The van der Waals surface area contributed by atoms with Crippen molar-refractivity contribution in [3.8, 4) is 11.5 Å². The zero-order chi connectivity index (χ0) is 13.8. The van der Waals surface area contributed by atoms with E-state index in [2.05, 4.69) is 4.98 Å². The Hall–Kier alpha value is -1.68. The molecule has 3 rings (SSSR count). The number of hydrogen-bond donors (Lipinski definition) is 0. The van der Waals surface area contributed by atoms with Crippen LogP contribution in [0.5, 0.6) is 11.5 Å². The van der Waals surface area contributed by atoms with Crippen molar-refractivity contribution in [3.63, 3.8) is 0 Å². The summed E-state index contributed by atoms with van der Waals surface area (Å²) < 4.78 is 18.0. The summed E-state index contributed by atoms with van der Waals surface area (Å²) in [6.07, 6.45) is 3.40. The van der Waals surface area contributed by atoms with Gasteiger partial charge in [-0.3, -0.25) is 9.19 Å². The first kappa shape index (κ1) is 13.7. The summed E-state index contributed by atoms with van der Waals surface area (Å²) in [7, 11) is -1.07. The highest BCUT2D eigenvalue weighted by Gasteiger charge is 2.20. The van der Waals surface area contributed by atoms with Gasteiger partial charge < -0.3 is 4.74 Å². The molecular weight excluding hydrogens is 258 g/mol. The molecule has 19 heavy (non-hydrogen) atoms. The minimum Gasteiger partial charge on any atom is -0.456 e. The van der Waals surface area contributed by atoms with E-state index in [0.717, 1.165) is 21.8 Å². The number of aryl methyl sites for hydroxylation is 1. The van der Waals surface area contributed by atoms with Gasteiger partial charge in [-0.25, -0.2) is 0 Å². The molecule has 3 nitrogen and oxygen atoms in total. The van der Waals surface area contributed by atoms with Gasteiger partial charge in [-0.1, -0.05) is 19.9 Å². The van der Waals surface area contributed by atoms with Gasteiger partial charge in [0.05, 0.1) is 21.4 Å². The van der Waals surface area contributed by atoms with Gasteiger partial charge in [-0.05, 0) is 30.7 Å². The predicted octanol–water partition coefficient (Wildman–Crippen LogP) is 3.83. The molecule has 1 aliphatic rings. The average molecular weight is 275 g/mol. The molecule has 2 aromatic rings. The Labute approximate surface area is 116 Å². The molecule has 0 fully saturated rings. The first-order valence-electron chi connectivity index (χ1n) is 6.34. The molecule has 1 aromatic carbocycles. The first-order chi connectivity index (χ1) is 9.24. The quantitative estimate of drug-likeness (QED) is 0.733. The van der Waals surface area contributed by atoms with E-state index in [1.807, 2.05) is 45.0 Å². The molecule has 0 bridgehead atoms. The Morgan fingerprint density at radius 3 is 2.79 bits per heavy atom. The van der Waals surface area contributed by atoms with Gasteiger partial charge in [0.25, 0.3) is 0 Å². The number of hydrogen-bond acceptors (Lipinski definition) is 3. The molecule has 0 saturated heterocycles. The number of aromatic nitrogens is 1. The van der Waals surface area contributed by atoms with Crippen molar-refractivity contribution in [2.24, 2.45) is 0 Å². The molecule has 1 aromatic heterocycles. The van der Waals surface area contributed by atoms with E-state index in [9.17, 15) is 4.21 Å². The van der Waals surface area contributed by atoms with Gasteiger partial charge >= 0.3 is 0 Å². The third-order valence-electron chi connectivity index (χ3n) is 2.71. The summed E-state index contributed by atoms with van der Waals surface area (Å²) in [6, 6.07) is 7.56. The minimum absolute atomic E-state index is 0.458. The van der Waals surface area contributed by atoms with Gasteiger partial charge in [0.1, 0.15) is 11.5 Å². The smallest absolute Gasteiger partial charge is 0.143 e. The molecule has 0 spiro atoms. The molecular formula is C15H17NO2S. The predicted molar refractivity (Wildman–Crippen MR) is 77.0 cm³/mol. The number of fused-ring (bicyclic) bond motifs is 2. The first-order valence-corrected chi connectivity index (χ1v) is 7.66. The summed E-state index contributed by atoms with van der Waals surface area (Å²) in [5.41, 5.74) is 1.98. The highest BCUT2D eigenvalue weighted by atomic mass is 32.2. The van der Waals surface area contributed by atoms with Crippen molar-refractivity contribution in [3.05, 3.63) is 47.8 Å². The highest BCUT2D eigenvalue weighted by Crippen LogP contribution is 2.35. The van der Waals surface area contributed by atoms with Crippen LogP contribution in [0.15, 0.2) is 41.6 Å². The maximum atomic E-state index is 12.2. The van der Waals surface area contributed by atoms with Crippen LogP contribution in [0.1, 0.15) is 25.0 Å². The molecule has 0 saturated carbocycles. The van der Waals surface area contributed by atoms with Crippen molar-refractivity contribution < 1.29 is 8.95 Å². The van der Waals surface area contributed by atoms with E-state index in [4.69, 9.17) is 4.74 Å². The third kappa shape index (κ3) is 2.84. The van der Waals surface area contributed by atoms with Crippen LogP contribution in [0.25, 0.3) is 0 Å². The number of ether oxygens (including phenoxy) is 1. The number of benzene rings is 1. The van der Waals surface area contributed by atoms with Crippen LogP contribution < -0.4 is 4.74 Å². The van der Waals surface area contributed by atoms with Gasteiger partial charge in [0.15, 0.2) is 0 Å². The summed E-state index contributed by atoms with van der Waals surface area (Å²) in [5.74, 6) is 1.88. The Morgan fingerprint density at radius 2 is 2.00 bits per heavy atom. The van der Waals surface area contributed by atoms with E-state index >= 15 is 0 Å². The number of rotatable bonds is 0. The zero-order valence-electron chi connectivity index (χ0n) is 11.3. The Kier molecular flexibility index (Phi) is 4.32. The number of nitrogens with zero attached hydrogens (tertiary/aromatic N) is 1. The molecule has 100 valence electrons. The molecule has 0 amide bonds. The minimum atomic E-state index is -1.07. The summed E-state index contributed by atoms with van der Waals surface area (Å²) in [4.78, 5) is 4.81. The normalized spacial score (nSPS) is 16.1. The van der Waals surface area contributed by atoms with Gasteiger partial charge in [0.2, 0.25) is 0 Å². The molecule has 2 heterocycles. The van der Waals surface area contributed by atoms with Crippen LogP contribution >= 0.6 is 0 Å². The van der Waals surface area contributed by atoms with Crippen molar-refractivity contribution >= 4 is 10.8 Å². The lowest BCUT2D eigenvalue weighted by Crippen LogP contribution is -1.94. The molecule has 0 aliphatic carbocycles. The monoisotopic (exact) mass is 275 g/mol. The number of pyridine rings is 1. The topological polar surface area (TPSA) is 39.2 Å². The molecule has 1 unspecified atom stereocenters. The van der Waals surface area contributed by atoms with Crippen molar-refractivity contribution in [2.45, 2.75) is 31.4 Å². The molecule has 1 atom stereocenters. The Bertz CT molecular complexity index is 611. The Morgan fingerprint density at radius 1 is 1.21 bits per heavy atom. The van der Waals surface area contributed by atoms with Crippen LogP contribution in [0, 0.1) is 6.92 Å². The van der Waals surface area contributed by atoms with E-state index in [1.54, 1.807) is 12.4 Å². The highest BCUT2D eigenvalue weighted by molar-refractivity contribution is 7.84.